The van der Waals surface area contributed by atoms with Gasteiger partial charge in [-0.2, -0.15) is 0 Å². The quantitative estimate of drug-likeness (QED) is 0.258. The Hall–Kier alpha value is -2.56. The monoisotopic (exact) mass is 522 g/mol. The number of hydrogen-bond donors (Lipinski definition) is 1. The molecule has 3 aromatic rings. The second-order valence-corrected chi connectivity index (χ2v) is 9.68. The summed E-state index contributed by atoms with van der Waals surface area (Å²) in [5, 5.41) is 13.1. The normalized spacial score (nSPS) is 11.8. The summed E-state index contributed by atoms with van der Waals surface area (Å²) < 4.78 is 13.0. The zero-order valence-electron chi connectivity index (χ0n) is 19.5. The van der Waals surface area contributed by atoms with Gasteiger partial charge in [-0.05, 0) is 51.5 Å². The number of thioether (sulfide) groups is 1. The molecular formula is C23H27ClN4O4S2. The Labute approximate surface area is 212 Å². The fraction of sp³-hybridized carbons (Fsp3) is 0.391. The third kappa shape index (κ3) is 6.52. The number of halogens is 1. The van der Waals surface area contributed by atoms with E-state index in [4.69, 9.17) is 21.1 Å². The van der Waals surface area contributed by atoms with Crippen LogP contribution < -0.4 is 10.1 Å². The van der Waals surface area contributed by atoms with Crippen molar-refractivity contribution in [2.75, 3.05) is 17.7 Å². The number of rotatable bonds is 11. The van der Waals surface area contributed by atoms with Gasteiger partial charge >= 0.3 is 5.97 Å². The molecule has 0 radical (unpaired) electrons. The summed E-state index contributed by atoms with van der Waals surface area (Å²) in [6, 6.07) is 8.94. The van der Waals surface area contributed by atoms with Gasteiger partial charge in [-0.1, -0.05) is 36.4 Å². The molecule has 34 heavy (non-hydrogen) atoms. The lowest BCUT2D eigenvalue weighted by Crippen LogP contribution is -2.16. The largest absolute Gasteiger partial charge is 0.483 e. The van der Waals surface area contributed by atoms with E-state index in [0.717, 1.165) is 11.3 Å². The smallest absolute Gasteiger partial charge is 0.341 e. The Bertz CT molecular complexity index is 1150. The molecule has 2 heterocycles. The average Bonchev–Trinajstić information content (AvgIpc) is 3.41. The van der Waals surface area contributed by atoms with Gasteiger partial charge in [-0.25, -0.2) is 4.79 Å². The van der Waals surface area contributed by atoms with Crippen LogP contribution in [0.3, 0.4) is 0 Å². The number of nitrogens with zero attached hydrogens (tertiary/aromatic N) is 3. The highest BCUT2D eigenvalue weighted by Gasteiger charge is 2.21. The maximum absolute atomic E-state index is 12.7. The Kier molecular flexibility index (Phi) is 9.37. The van der Waals surface area contributed by atoms with Crippen molar-refractivity contribution in [1.82, 2.24) is 14.8 Å². The van der Waals surface area contributed by atoms with Gasteiger partial charge in [0.15, 0.2) is 17.1 Å². The first-order valence-electron chi connectivity index (χ1n) is 10.9. The van der Waals surface area contributed by atoms with E-state index in [-0.39, 0.29) is 24.4 Å². The van der Waals surface area contributed by atoms with Gasteiger partial charge in [-0.15, -0.1) is 21.5 Å². The van der Waals surface area contributed by atoms with E-state index >= 15 is 0 Å². The van der Waals surface area contributed by atoms with E-state index in [9.17, 15) is 9.59 Å². The van der Waals surface area contributed by atoms with Gasteiger partial charge in [0.1, 0.15) is 10.8 Å². The van der Waals surface area contributed by atoms with Gasteiger partial charge < -0.3 is 19.4 Å². The molecule has 0 aliphatic rings. The summed E-state index contributed by atoms with van der Waals surface area (Å²) in [6.45, 7) is 8.50. The molecule has 1 N–H and O–H groups in total. The van der Waals surface area contributed by atoms with Crippen LogP contribution in [0.2, 0.25) is 5.02 Å². The third-order valence-electron chi connectivity index (χ3n) is 4.75. The molecular weight excluding hydrogens is 496 g/mol. The summed E-state index contributed by atoms with van der Waals surface area (Å²) in [4.78, 5) is 25.9. The standard InChI is InChI=1S/C23H27ClN4O4S2/c1-5-17-12-18(22(30)31-7-3)21(34-17)25-19(29)13-33-23-27-26-20(28(23)6-2)14(4)32-16-10-8-9-15(24)11-16/h8-12,14H,5-7,13H2,1-4H3,(H,25,29). The van der Waals surface area contributed by atoms with Crippen molar-refractivity contribution in [3.05, 3.63) is 51.6 Å². The number of anilines is 1. The number of benzene rings is 1. The first-order chi connectivity index (χ1) is 16.4. The summed E-state index contributed by atoms with van der Waals surface area (Å²) in [5.74, 6) is 0.726. The van der Waals surface area contributed by atoms with Gasteiger partial charge in [0, 0.05) is 16.4 Å². The number of ether oxygens (including phenoxy) is 2. The summed E-state index contributed by atoms with van der Waals surface area (Å²) in [5.41, 5.74) is 0.382. The van der Waals surface area contributed by atoms with Crippen molar-refractivity contribution in [2.45, 2.75) is 51.9 Å². The van der Waals surface area contributed by atoms with Crippen LogP contribution in [0.4, 0.5) is 5.00 Å². The number of aryl methyl sites for hydroxylation is 1. The maximum Gasteiger partial charge on any atom is 0.341 e. The predicted molar refractivity (Wildman–Crippen MR) is 135 cm³/mol. The number of esters is 1. The van der Waals surface area contributed by atoms with Gasteiger partial charge in [0.25, 0.3) is 0 Å². The van der Waals surface area contributed by atoms with Crippen LogP contribution in [0.1, 0.15) is 54.9 Å². The number of thiophene rings is 1. The number of carbonyl (C=O) groups excluding carboxylic acids is 2. The van der Waals surface area contributed by atoms with E-state index in [1.165, 1.54) is 23.1 Å². The molecule has 2 aromatic heterocycles. The zero-order valence-corrected chi connectivity index (χ0v) is 21.9. The first kappa shape index (κ1) is 26.1. The second kappa shape index (κ2) is 12.2. The van der Waals surface area contributed by atoms with E-state index in [2.05, 4.69) is 15.5 Å². The van der Waals surface area contributed by atoms with Crippen LogP contribution >= 0.6 is 34.7 Å². The lowest BCUT2D eigenvalue weighted by molar-refractivity contribution is -0.113. The summed E-state index contributed by atoms with van der Waals surface area (Å²) in [7, 11) is 0. The molecule has 3 rings (SSSR count). The highest BCUT2D eigenvalue weighted by molar-refractivity contribution is 7.99. The molecule has 0 saturated carbocycles. The van der Waals surface area contributed by atoms with Crippen LogP contribution in [0.5, 0.6) is 5.75 Å². The SMILES string of the molecule is CCOC(=O)c1cc(CC)sc1NC(=O)CSc1nnc(C(C)Oc2cccc(Cl)c2)n1CC. The van der Waals surface area contributed by atoms with Gasteiger partial charge in [0.2, 0.25) is 5.91 Å². The van der Waals surface area contributed by atoms with Gasteiger partial charge in [-0.3, -0.25) is 4.79 Å². The summed E-state index contributed by atoms with van der Waals surface area (Å²) in [6.07, 6.45) is 0.402. The molecule has 1 amide bonds. The minimum atomic E-state index is -0.439. The third-order valence-corrected chi connectivity index (χ3v) is 7.14. The first-order valence-corrected chi connectivity index (χ1v) is 13.1. The lowest BCUT2D eigenvalue weighted by Gasteiger charge is -2.15. The molecule has 1 unspecified atom stereocenters. The second-order valence-electron chi connectivity index (χ2n) is 7.17. The van der Waals surface area contributed by atoms with Crippen molar-refractivity contribution in [1.29, 1.82) is 0 Å². The van der Waals surface area contributed by atoms with Crippen LogP contribution in [-0.4, -0.2) is 39.0 Å². The lowest BCUT2D eigenvalue weighted by atomic mass is 10.2. The summed E-state index contributed by atoms with van der Waals surface area (Å²) >= 11 is 8.69. The number of nitrogens with one attached hydrogen (secondary N) is 1. The van der Waals surface area contributed by atoms with Crippen molar-refractivity contribution in [3.63, 3.8) is 0 Å². The van der Waals surface area contributed by atoms with E-state index in [1.807, 2.05) is 37.5 Å². The van der Waals surface area contributed by atoms with E-state index in [1.54, 1.807) is 25.1 Å². The minimum absolute atomic E-state index is 0.114. The molecule has 0 aliphatic carbocycles. The van der Waals surface area contributed by atoms with Crippen LogP contribution in [0.15, 0.2) is 35.5 Å². The highest BCUT2D eigenvalue weighted by Crippen LogP contribution is 2.30. The molecule has 0 bridgehead atoms. The molecule has 11 heteroatoms. The Morgan fingerprint density at radius 1 is 1.24 bits per heavy atom. The topological polar surface area (TPSA) is 95.3 Å². The fourth-order valence-corrected chi connectivity index (χ4v) is 5.15. The molecule has 0 saturated heterocycles. The van der Waals surface area contributed by atoms with Crippen LogP contribution in [0.25, 0.3) is 0 Å². The van der Waals surface area contributed by atoms with Crippen LogP contribution in [0, 0.1) is 0 Å². The predicted octanol–water partition coefficient (Wildman–Crippen LogP) is 5.62. The molecule has 1 atom stereocenters. The van der Waals surface area contributed by atoms with Crippen molar-refractivity contribution >= 4 is 51.6 Å². The van der Waals surface area contributed by atoms with Gasteiger partial charge in [0.05, 0.1) is 17.9 Å². The number of hydrogen-bond acceptors (Lipinski definition) is 8. The Morgan fingerprint density at radius 2 is 2.03 bits per heavy atom. The maximum atomic E-state index is 12.7. The number of aromatic nitrogens is 3. The zero-order chi connectivity index (χ0) is 24.7. The van der Waals surface area contributed by atoms with Crippen molar-refractivity contribution < 1.29 is 19.1 Å². The molecule has 0 fully saturated rings. The Balaban J connectivity index is 1.66. The number of carbonyl (C=O) groups is 2. The molecule has 182 valence electrons. The number of amides is 1. The average molecular weight is 523 g/mol. The molecule has 0 aliphatic heterocycles. The molecule has 8 nitrogen and oxygen atoms in total. The Morgan fingerprint density at radius 3 is 2.71 bits per heavy atom. The van der Waals surface area contributed by atoms with Crippen LogP contribution in [-0.2, 0) is 22.5 Å². The highest BCUT2D eigenvalue weighted by atomic mass is 35.5. The van der Waals surface area contributed by atoms with Crippen molar-refractivity contribution in [2.24, 2.45) is 0 Å². The minimum Gasteiger partial charge on any atom is -0.483 e. The van der Waals surface area contributed by atoms with E-state index < -0.39 is 5.97 Å². The molecule has 0 spiro atoms. The van der Waals surface area contributed by atoms with E-state index in [0.29, 0.717) is 38.9 Å². The van der Waals surface area contributed by atoms with Crippen molar-refractivity contribution in [3.8, 4) is 5.75 Å². The molecule has 1 aromatic carbocycles. The fourth-order valence-electron chi connectivity index (χ4n) is 3.16.